The summed E-state index contributed by atoms with van der Waals surface area (Å²) in [6.07, 6.45) is 8.36. The highest BCUT2D eigenvalue weighted by Gasteiger charge is 2.29. The summed E-state index contributed by atoms with van der Waals surface area (Å²) < 4.78 is 1.92. The van der Waals surface area contributed by atoms with E-state index in [1.807, 2.05) is 28.8 Å². The Morgan fingerprint density at radius 1 is 1.19 bits per heavy atom. The van der Waals surface area contributed by atoms with E-state index in [9.17, 15) is 4.79 Å². The lowest BCUT2D eigenvalue weighted by Crippen LogP contribution is -2.33. The van der Waals surface area contributed by atoms with E-state index in [1.165, 1.54) is 0 Å². The quantitative estimate of drug-likeness (QED) is 0.749. The molecular weight excluding hydrogens is 364 g/mol. The van der Waals surface area contributed by atoms with Crippen molar-refractivity contribution < 1.29 is 4.79 Å². The minimum absolute atomic E-state index is 0.0435. The number of amides is 1. The van der Waals surface area contributed by atoms with Gasteiger partial charge >= 0.3 is 0 Å². The average Bonchev–Trinajstić information content (AvgIpc) is 3.00. The molecular formula is C19H19ClN6O. The molecule has 0 fully saturated rings. The van der Waals surface area contributed by atoms with Gasteiger partial charge in [0.05, 0.1) is 6.20 Å². The fourth-order valence-corrected chi connectivity index (χ4v) is 3.44. The lowest BCUT2D eigenvalue weighted by atomic mass is 10.1. The Kier molecular flexibility index (Phi) is 5.11. The molecule has 4 rings (SSSR count). The number of rotatable bonds is 4. The minimum Gasteiger partial charge on any atom is -0.350 e. The summed E-state index contributed by atoms with van der Waals surface area (Å²) in [4.78, 5) is 21.4. The Hall–Kier alpha value is -2.80. The van der Waals surface area contributed by atoms with E-state index in [1.54, 1.807) is 18.6 Å². The van der Waals surface area contributed by atoms with E-state index >= 15 is 0 Å². The Balaban J connectivity index is 1.59. The van der Waals surface area contributed by atoms with Gasteiger partial charge in [-0.25, -0.2) is 4.98 Å². The van der Waals surface area contributed by atoms with Crippen molar-refractivity contribution in [2.75, 3.05) is 0 Å². The number of nitrogens with one attached hydrogen (secondary N) is 1. The summed E-state index contributed by atoms with van der Waals surface area (Å²) >= 11 is 5.92. The molecule has 0 aliphatic carbocycles. The minimum atomic E-state index is -0.359. The predicted molar refractivity (Wildman–Crippen MR) is 101 cm³/mol. The number of aromatic nitrogens is 5. The number of halogens is 1. The first-order chi connectivity index (χ1) is 13.2. The van der Waals surface area contributed by atoms with Crippen molar-refractivity contribution in [3.05, 3.63) is 59.3 Å². The standard InChI is InChI=1S/C19H19ClN6O/c20-14-7-5-13(6-8-14)11-23-19(27)16-3-1-2-4-17-24-25-18(26(16)17)15-12-21-9-10-22-15/h5-10,12,16H,1-4,11H2,(H,23,27). The molecule has 1 N–H and O–H groups in total. The molecule has 0 saturated heterocycles. The molecule has 1 aromatic carbocycles. The number of carbonyl (C=O) groups is 1. The number of hydrogen-bond acceptors (Lipinski definition) is 5. The second kappa shape index (κ2) is 7.84. The predicted octanol–water partition coefficient (Wildman–Crippen LogP) is 2.97. The van der Waals surface area contributed by atoms with Crippen molar-refractivity contribution in [3.63, 3.8) is 0 Å². The maximum absolute atomic E-state index is 13.0. The van der Waals surface area contributed by atoms with Crippen molar-refractivity contribution in [2.24, 2.45) is 0 Å². The van der Waals surface area contributed by atoms with Gasteiger partial charge in [0.25, 0.3) is 0 Å². The Morgan fingerprint density at radius 3 is 2.81 bits per heavy atom. The molecule has 1 aliphatic heterocycles. The van der Waals surface area contributed by atoms with E-state index in [0.717, 1.165) is 37.1 Å². The highest BCUT2D eigenvalue weighted by Crippen LogP contribution is 2.28. The van der Waals surface area contributed by atoms with Gasteiger partial charge in [0.2, 0.25) is 5.91 Å². The lowest BCUT2D eigenvalue weighted by molar-refractivity contribution is -0.124. The highest BCUT2D eigenvalue weighted by atomic mass is 35.5. The third kappa shape index (κ3) is 3.83. The molecule has 0 spiro atoms. The van der Waals surface area contributed by atoms with Crippen molar-refractivity contribution in [1.29, 1.82) is 0 Å². The molecule has 27 heavy (non-hydrogen) atoms. The van der Waals surface area contributed by atoms with Gasteiger partial charge in [-0.05, 0) is 30.5 Å². The fourth-order valence-electron chi connectivity index (χ4n) is 3.32. The zero-order valence-electron chi connectivity index (χ0n) is 14.7. The summed E-state index contributed by atoms with van der Waals surface area (Å²) in [5.41, 5.74) is 1.62. The Labute approximate surface area is 161 Å². The van der Waals surface area contributed by atoms with Crippen LogP contribution in [-0.4, -0.2) is 30.6 Å². The topological polar surface area (TPSA) is 85.6 Å². The third-order valence-corrected chi connectivity index (χ3v) is 4.93. The van der Waals surface area contributed by atoms with Crippen LogP contribution in [0.1, 0.15) is 36.7 Å². The van der Waals surface area contributed by atoms with Gasteiger partial charge in [-0.2, -0.15) is 0 Å². The van der Waals surface area contributed by atoms with Crippen molar-refractivity contribution in [2.45, 2.75) is 38.3 Å². The number of nitrogens with zero attached hydrogens (tertiary/aromatic N) is 5. The van der Waals surface area contributed by atoms with Crippen molar-refractivity contribution in [3.8, 4) is 11.5 Å². The van der Waals surface area contributed by atoms with E-state index in [4.69, 9.17) is 11.6 Å². The normalized spacial score (nSPS) is 16.4. The van der Waals surface area contributed by atoms with E-state index in [0.29, 0.717) is 23.1 Å². The summed E-state index contributed by atoms with van der Waals surface area (Å²) in [6.45, 7) is 0.449. The average molecular weight is 383 g/mol. The van der Waals surface area contributed by atoms with Gasteiger partial charge < -0.3 is 5.32 Å². The van der Waals surface area contributed by atoms with E-state index < -0.39 is 0 Å². The van der Waals surface area contributed by atoms with Crippen LogP contribution in [0.3, 0.4) is 0 Å². The first kappa shape index (κ1) is 17.6. The van der Waals surface area contributed by atoms with Crippen LogP contribution in [0.15, 0.2) is 42.9 Å². The SMILES string of the molecule is O=C(NCc1ccc(Cl)cc1)C1CCCCc2nnc(-c3cnccn3)n21. The van der Waals surface area contributed by atoms with Crippen LogP contribution in [0.5, 0.6) is 0 Å². The Bertz CT molecular complexity index is 925. The zero-order valence-corrected chi connectivity index (χ0v) is 15.4. The molecule has 8 heteroatoms. The maximum Gasteiger partial charge on any atom is 0.243 e. The van der Waals surface area contributed by atoms with Crippen LogP contribution in [0.4, 0.5) is 0 Å². The van der Waals surface area contributed by atoms with Crippen molar-refractivity contribution >= 4 is 17.5 Å². The van der Waals surface area contributed by atoms with Gasteiger partial charge in [0.15, 0.2) is 5.82 Å². The smallest absolute Gasteiger partial charge is 0.243 e. The summed E-state index contributed by atoms with van der Waals surface area (Å²) in [6, 6.07) is 7.09. The van der Waals surface area contributed by atoms with Gasteiger partial charge in [0, 0.05) is 30.4 Å². The molecule has 2 aromatic heterocycles. The van der Waals surface area contributed by atoms with Gasteiger partial charge in [0.1, 0.15) is 17.6 Å². The first-order valence-corrected chi connectivity index (χ1v) is 9.32. The van der Waals surface area contributed by atoms with E-state index in [2.05, 4.69) is 25.5 Å². The molecule has 1 atom stereocenters. The summed E-state index contributed by atoms with van der Waals surface area (Å²) in [5.74, 6) is 1.37. The van der Waals surface area contributed by atoms with Crippen LogP contribution in [-0.2, 0) is 17.8 Å². The number of hydrogen-bond donors (Lipinski definition) is 1. The zero-order chi connectivity index (χ0) is 18.6. The molecule has 1 unspecified atom stereocenters. The summed E-state index contributed by atoms with van der Waals surface area (Å²) in [5, 5.41) is 12.3. The van der Waals surface area contributed by atoms with Crippen LogP contribution < -0.4 is 5.32 Å². The van der Waals surface area contributed by atoms with Crippen molar-refractivity contribution in [1.82, 2.24) is 30.0 Å². The monoisotopic (exact) mass is 382 g/mol. The lowest BCUT2D eigenvalue weighted by Gasteiger charge is -2.19. The Morgan fingerprint density at radius 2 is 2.04 bits per heavy atom. The first-order valence-electron chi connectivity index (χ1n) is 8.94. The van der Waals surface area contributed by atoms with Crippen LogP contribution in [0.2, 0.25) is 5.02 Å². The second-order valence-electron chi connectivity index (χ2n) is 6.51. The highest BCUT2D eigenvalue weighted by molar-refractivity contribution is 6.30. The van der Waals surface area contributed by atoms with Crippen LogP contribution in [0.25, 0.3) is 11.5 Å². The molecule has 1 aliphatic rings. The van der Waals surface area contributed by atoms with Gasteiger partial charge in [-0.1, -0.05) is 30.2 Å². The number of fused-ring (bicyclic) bond motifs is 1. The maximum atomic E-state index is 13.0. The van der Waals surface area contributed by atoms with Crippen LogP contribution >= 0.6 is 11.6 Å². The summed E-state index contributed by atoms with van der Waals surface area (Å²) in [7, 11) is 0. The third-order valence-electron chi connectivity index (χ3n) is 4.68. The van der Waals surface area contributed by atoms with E-state index in [-0.39, 0.29) is 11.9 Å². The molecule has 1 amide bonds. The molecule has 138 valence electrons. The molecule has 0 saturated carbocycles. The molecule has 3 heterocycles. The fraction of sp³-hybridized carbons (Fsp3) is 0.316. The van der Waals surface area contributed by atoms with Gasteiger partial charge in [-0.15, -0.1) is 10.2 Å². The molecule has 0 radical (unpaired) electrons. The number of benzene rings is 1. The number of aryl methyl sites for hydroxylation is 1. The molecule has 0 bridgehead atoms. The van der Waals surface area contributed by atoms with Crippen LogP contribution in [0, 0.1) is 0 Å². The second-order valence-corrected chi connectivity index (χ2v) is 6.94. The van der Waals surface area contributed by atoms with Gasteiger partial charge in [-0.3, -0.25) is 14.3 Å². The molecule has 3 aromatic rings. The largest absolute Gasteiger partial charge is 0.350 e. The molecule has 7 nitrogen and oxygen atoms in total. The number of carbonyl (C=O) groups excluding carboxylic acids is 1.